The third kappa shape index (κ3) is 5.22. The van der Waals surface area contributed by atoms with Crippen LogP contribution in [0.2, 0.25) is 5.02 Å². The van der Waals surface area contributed by atoms with Crippen molar-refractivity contribution in [2.24, 2.45) is 0 Å². The van der Waals surface area contributed by atoms with Crippen LogP contribution in [-0.4, -0.2) is 11.1 Å². The minimum absolute atomic E-state index is 0.162. The number of ether oxygens (including phenoxy) is 1. The molecule has 1 N–H and O–H groups in total. The Morgan fingerprint density at radius 1 is 1.10 bits per heavy atom. The van der Waals surface area contributed by atoms with E-state index in [1.165, 1.54) is 36.4 Å². The van der Waals surface area contributed by atoms with Gasteiger partial charge in [0.15, 0.2) is 0 Å². The van der Waals surface area contributed by atoms with E-state index in [0.717, 1.165) is 0 Å². The number of rotatable bonds is 6. The van der Waals surface area contributed by atoms with Crippen molar-refractivity contribution < 1.29 is 19.0 Å². The molecule has 0 fully saturated rings. The third-order valence-electron chi connectivity index (χ3n) is 4.11. The normalized spacial score (nSPS) is 11.0. The minimum atomic E-state index is -1.00. The first-order valence-corrected chi connectivity index (χ1v) is 8.96. The van der Waals surface area contributed by atoms with Crippen LogP contribution in [0.5, 0.6) is 5.75 Å². The van der Waals surface area contributed by atoms with Gasteiger partial charge in [0.25, 0.3) is 0 Å². The van der Waals surface area contributed by atoms with Gasteiger partial charge in [-0.15, -0.1) is 0 Å². The molecule has 0 bridgehead atoms. The molecule has 0 heterocycles. The third-order valence-corrected chi connectivity index (χ3v) is 4.41. The molecule has 0 aliphatic heterocycles. The Balaban J connectivity index is 1.76. The highest BCUT2D eigenvalue weighted by atomic mass is 35.5. The van der Waals surface area contributed by atoms with Crippen molar-refractivity contribution in [3.63, 3.8) is 0 Å². The second kappa shape index (κ2) is 9.05. The van der Waals surface area contributed by atoms with Crippen LogP contribution in [0.3, 0.4) is 0 Å². The molecule has 0 aliphatic rings. The molecule has 3 aromatic rings. The van der Waals surface area contributed by atoms with Gasteiger partial charge in [0.05, 0.1) is 22.2 Å². The van der Waals surface area contributed by atoms with Gasteiger partial charge in [-0.3, -0.25) is 0 Å². The van der Waals surface area contributed by atoms with Crippen LogP contribution in [-0.2, 0) is 6.61 Å². The summed E-state index contributed by atoms with van der Waals surface area (Å²) in [5.41, 5.74) is 2.55. The number of allylic oxidation sites excluding steroid dienone is 1. The highest BCUT2D eigenvalue weighted by molar-refractivity contribution is 6.32. The fraction of sp³-hybridized carbons (Fsp3) is 0.0435. The molecular formula is C23H15ClFNO3. The lowest BCUT2D eigenvalue weighted by molar-refractivity contribution is 0.0696. The summed E-state index contributed by atoms with van der Waals surface area (Å²) in [5.74, 6) is -0.940. The molecule has 0 radical (unpaired) electrons. The standard InChI is InChI=1S/C23H15ClFNO3/c24-21-12-15(10-19(13-26)17-5-7-20(25)8-6-17)4-9-22(21)29-14-16-2-1-3-18(11-16)23(27)28/h1-12H,14H2,(H,27,28)/b19-10+. The number of carboxylic acid groups (broad SMARTS) is 1. The van der Waals surface area contributed by atoms with E-state index < -0.39 is 5.97 Å². The van der Waals surface area contributed by atoms with Gasteiger partial charge in [-0.1, -0.05) is 41.9 Å². The maximum Gasteiger partial charge on any atom is 0.335 e. The number of nitriles is 1. The van der Waals surface area contributed by atoms with E-state index in [9.17, 15) is 14.4 Å². The second-order valence-electron chi connectivity index (χ2n) is 6.16. The molecule has 0 saturated heterocycles. The van der Waals surface area contributed by atoms with E-state index in [2.05, 4.69) is 6.07 Å². The number of halogens is 2. The van der Waals surface area contributed by atoms with Crippen LogP contribution in [0.15, 0.2) is 66.7 Å². The SMILES string of the molecule is N#C/C(=C\c1ccc(OCc2cccc(C(=O)O)c2)c(Cl)c1)c1ccc(F)cc1. The minimum Gasteiger partial charge on any atom is -0.487 e. The van der Waals surface area contributed by atoms with E-state index in [0.29, 0.717) is 33.0 Å². The number of nitrogens with zero attached hydrogens (tertiary/aromatic N) is 1. The zero-order chi connectivity index (χ0) is 20.8. The van der Waals surface area contributed by atoms with Gasteiger partial charge in [-0.2, -0.15) is 5.26 Å². The molecule has 0 amide bonds. The predicted molar refractivity (Wildman–Crippen MR) is 109 cm³/mol. The summed E-state index contributed by atoms with van der Waals surface area (Å²) in [6, 6.07) is 19.3. The molecule has 0 saturated carbocycles. The van der Waals surface area contributed by atoms with Crippen molar-refractivity contribution in [1.82, 2.24) is 0 Å². The van der Waals surface area contributed by atoms with Crippen molar-refractivity contribution >= 4 is 29.2 Å². The number of benzene rings is 3. The lowest BCUT2D eigenvalue weighted by Crippen LogP contribution is -2.00. The van der Waals surface area contributed by atoms with Gasteiger partial charge in [0.2, 0.25) is 0 Å². The molecular weight excluding hydrogens is 393 g/mol. The molecule has 3 rings (SSSR count). The largest absolute Gasteiger partial charge is 0.487 e. The number of carboxylic acids is 1. The summed E-state index contributed by atoms with van der Waals surface area (Å²) >= 11 is 6.29. The number of aromatic carboxylic acids is 1. The van der Waals surface area contributed by atoms with Gasteiger partial charge in [-0.25, -0.2) is 9.18 Å². The van der Waals surface area contributed by atoms with E-state index in [1.54, 1.807) is 36.4 Å². The smallest absolute Gasteiger partial charge is 0.335 e. The average Bonchev–Trinajstić information content (AvgIpc) is 2.72. The molecule has 3 aromatic carbocycles. The van der Waals surface area contributed by atoms with E-state index in [4.69, 9.17) is 21.4 Å². The first-order valence-electron chi connectivity index (χ1n) is 8.58. The Morgan fingerprint density at radius 3 is 2.52 bits per heavy atom. The van der Waals surface area contributed by atoms with Crippen LogP contribution in [0, 0.1) is 17.1 Å². The van der Waals surface area contributed by atoms with Crippen LogP contribution in [0.1, 0.15) is 27.0 Å². The summed E-state index contributed by atoms with van der Waals surface area (Å²) in [7, 11) is 0. The molecule has 0 aromatic heterocycles. The van der Waals surface area contributed by atoms with Gasteiger partial charge >= 0.3 is 5.97 Å². The van der Waals surface area contributed by atoms with Crippen molar-refractivity contribution in [3.05, 3.63) is 99.8 Å². The Labute approximate surface area is 172 Å². The molecule has 0 atom stereocenters. The van der Waals surface area contributed by atoms with Gasteiger partial charge in [0, 0.05) is 0 Å². The first kappa shape index (κ1) is 20.1. The number of hydrogen-bond donors (Lipinski definition) is 1. The van der Waals surface area contributed by atoms with Gasteiger partial charge in [0.1, 0.15) is 18.2 Å². The quantitative estimate of drug-likeness (QED) is 0.413. The molecule has 6 heteroatoms. The Morgan fingerprint density at radius 2 is 1.86 bits per heavy atom. The van der Waals surface area contributed by atoms with Crippen molar-refractivity contribution in [2.75, 3.05) is 0 Å². The van der Waals surface area contributed by atoms with E-state index in [-0.39, 0.29) is 18.0 Å². The summed E-state index contributed by atoms with van der Waals surface area (Å²) in [6.45, 7) is 0.162. The fourth-order valence-corrected chi connectivity index (χ4v) is 2.90. The van der Waals surface area contributed by atoms with Crippen LogP contribution in [0.25, 0.3) is 11.6 Å². The number of hydrogen-bond acceptors (Lipinski definition) is 3. The Bertz CT molecular complexity index is 1120. The summed E-state index contributed by atoms with van der Waals surface area (Å²) in [6.07, 6.45) is 1.65. The maximum absolute atomic E-state index is 13.1. The summed E-state index contributed by atoms with van der Waals surface area (Å²) in [5, 5.41) is 18.8. The second-order valence-corrected chi connectivity index (χ2v) is 6.57. The molecule has 0 unspecified atom stereocenters. The Hall–Kier alpha value is -3.62. The summed E-state index contributed by atoms with van der Waals surface area (Å²) in [4.78, 5) is 11.0. The topological polar surface area (TPSA) is 70.3 Å². The molecule has 4 nitrogen and oxygen atoms in total. The Kier molecular flexibility index (Phi) is 6.28. The monoisotopic (exact) mass is 407 g/mol. The fourth-order valence-electron chi connectivity index (χ4n) is 2.66. The average molecular weight is 408 g/mol. The maximum atomic E-state index is 13.1. The van der Waals surface area contributed by atoms with Crippen molar-refractivity contribution in [2.45, 2.75) is 6.61 Å². The lowest BCUT2D eigenvalue weighted by Gasteiger charge is -2.09. The van der Waals surface area contributed by atoms with Crippen LogP contribution >= 0.6 is 11.6 Å². The molecule has 144 valence electrons. The predicted octanol–water partition coefficient (Wildman–Crippen LogP) is 5.82. The first-order chi connectivity index (χ1) is 14.0. The molecule has 0 spiro atoms. The van der Waals surface area contributed by atoms with Gasteiger partial charge < -0.3 is 9.84 Å². The lowest BCUT2D eigenvalue weighted by atomic mass is 10.0. The molecule has 0 aliphatic carbocycles. The van der Waals surface area contributed by atoms with E-state index in [1.807, 2.05) is 0 Å². The highest BCUT2D eigenvalue weighted by Gasteiger charge is 2.07. The zero-order valence-electron chi connectivity index (χ0n) is 15.1. The number of carbonyl (C=O) groups is 1. The zero-order valence-corrected chi connectivity index (χ0v) is 15.9. The van der Waals surface area contributed by atoms with Gasteiger partial charge in [-0.05, 0) is 59.2 Å². The van der Waals surface area contributed by atoms with Crippen molar-refractivity contribution in [3.8, 4) is 11.8 Å². The van der Waals surface area contributed by atoms with Crippen LogP contribution in [0.4, 0.5) is 4.39 Å². The molecule has 29 heavy (non-hydrogen) atoms. The van der Waals surface area contributed by atoms with Crippen LogP contribution < -0.4 is 4.74 Å². The summed E-state index contributed by atoms with van der Waals surface area (Å²) < 4.78 is 18.8. The highest BCUT2D eigenvalue weighted by Crippen LogP contribution is 2.28. The van der Waals surface area contributed by atoms with E-state index >= 15 is 0 Å². The van der Waals surface area contributed by atoms with Crippen molar-refractivity contribution in [1.29, 1.82) is 5.26 Å².